The zero-order valence-corrected chi connectivity index (χ0v) is 14.4. The third-order valence-electron chi connectivity index (χ3n) is 3.04. The molecule has 0 bridgehead atoms. The minimum Gasteiger partial charge on any atom is -0.354 e. The third kappa shape index (κ3) is 6.59. The Hall–Kier alpha value is -0.780. The van der Waals surface area contributed by atoms with Crippen molar-refractivity contribution in [1.29, 1.82) is 0 Å². The van der Waals surface area contributed by atoms with Crippen molar-refractivity contribution in [3.63, 3.8) is 0 Å². The number of likely N-dealkylation sites (N-methyl/N-ethyl adjacent to an activating group) is 1. The van der Waals surface area contributed by atoms with Crippen LogP contribution in [0.3, 0.4) is 0 Å². The predicted octanol–water partition coefficient (Wildman–Crippen LogP) is 2.02. The molecule has 0 aromatic carbocycles. The summed E-state index contributed by atoms with van der Waals surface area (Å²) in [4.78, 5) is 11.8. The van der Waals surface area contributed by atoms with Crippen molar-refractivity contribution in [2.75, 3.05) is 13.6 Å². The summed E-state index contributed by atoms with van der Waals surface area (Å²) in [6.07, 6.45) is 0.457. The van der Waals surface area contributed by atoms with Gasteiger partial charge in [-0.25, -0.2) is 0 Å². The van der Waals surface area contributed by atoms with E-state index in [4.69, 9.17) is 0 Å². The molecule has 0 radical (unpaired) electrons. The lowest BCUT2D eigenvalue weighted by atomic mass is 10.2. The van der Waals surface area contributed by atoms with Crippen LogP contribution < -0.4 is 10.6 Å². The second-order valence-electron chi connectivity index (χ2n) is 4.92. The van der Waals surface area contributed by atoms with Crippen molar-refractivity contribution < 1.29 is 4.79 Å². The van der Waals surface area contributed by atoms with Crippen molar-refractivity contribution >= 4 is 30.7 Å². The Labute approximate surface area is 133 Å². The number of aryl methyl sites for hydroxylation is 2. The van der Waals surface area contributed by atoms with E-state index in [0.717, 1.165) is 11.4 Å². The molecule has 0 spiro atoms. The van der Waals surface area contributed by atoms with Crippen LogP contribution in [0.1, 0.15) is 37.7 Å². The van der Waals surface area contributed by atoms with Crippen LogP contribution in [0, 0.1) is 13.8 Å². The largest absolute Gasteiger partial charge is 0.354 e. The van der Waals surface area contributed by atoms with Crippen molar-refractivity contribution in [3.05, 3.63) is 17.5 Å². The number of carbonyl (C=O) groups is 1. The van der Waals surface area contributed by atoms with Gasteiger partial charge < -0.3 is 10.6 Å². The molecule has 1 rings (SSSR count). The van der Waals surface area contributed by atoms with Crippen molar-refractivity contribution in [3.8, 4) is 0 Å². The summed E-state index contributed by atoms with van der Waals surface area (Å²) in [6.45, 7) is 8.67. The van der Waals surface area contributed by atoms with Crippen LogP contribution in [0.15, 0.2) is 6.07 Å². The van der Waals surface area contributed by atoms with Gasteiger partial charge >= 0.3 is 0 Å². The highest BCUT2D eigenvalue weighted by Gasteiger charge is 2.14. The maximum Gasteiger partial charge on any atom is 0.222 e. The summed E-state index contributed by atoms with van der Waals surface area (Å²) in [5, 5.41) is 10.4. The normalized spacial score (nSPS) is 12.8. The zero-order valence-electron chi connectivity index (χ0n) is 12.8. The molecule has 2 atom stereocenters. The van der Waals surface area contributed by atoms with E-state index in [1.807, 2.05) is 45.5 Å². The van der Waals surface area contributed by atoms with E-state index in [2.05, 4.69) is 15.7 Å². The summed E-state index contributed by atoms with van der Waals surface area (Å²) in [5.74, 6) is 0.0668. The van der Waals surface area contributed by atoms with Crippen LogP contribution in [0.2, 0.25) is 0 Å². The smallest absolute Gasteiger partial charge is 0.222 e. The van der Waals surface area contributed by atoms with E-state index in [1.165, 1.54) is 0 Å². The van der Waals surface area contributed by atoms with E-state index < -0.39 is 0 Å². The number of hydrogen-bond acceptors (Lipinski definition) is 3. The van der Waals surface area contributed by atoms with Gasteiger partial charge in [0.15, 0.2) is 0 Å². The summed E-state index contributed by atoms with van der Waals surface area (Å²) in [7, 11) is 1.88. The molecule has 0 fully saturated rings. The van der Waals surface area contributed by atoms with Gasteiger partial charge in [0.1, 0.15) is 0 Å². The van der Waals surface area contributed by atoms with Gasteiger partial charge in [0.2, 0.25) is 5.91 Å². The molecule has 5 nitrogen and oxygen atoms in total. The van der Waals surface area contributed by atoms with E-state index >= 15 is 0 Å². The van der Waals surface area contributed by atoms with E-state index in [-0.39, 0.29) is 42.8 Å². The minimum atomic E-state index is 0. The molecular formula is C13H26Cl2N4O. The van der Waals surface area contributed by atoms with Crippen LogP contribution in [-0.2, 0) is 4.79 Å². The quantitative estimate of drug-likeness (QED) is 0.841. The number of halogens is 2. The SMILES string of the molecule is CNC(C)CNC(=O)CC(C)n1nc(C)cc1C.Cl.Cl. The first kappa shape index (κ1) is 21.5. The fraction of sp³-hybridized carbons (Fsp3) is 0.692. The number of nitrogens with zero attached hydrogens (tertiary/aromatic N) is 2. The second kappa shape index (κ2) is 10.0. The Kier molecular flexibility index (Phi) is 10.8. The van der Waals surface area contributed by atoms with Gasteiger partial charge in [0.05, 0.1) is 11.7 Å². The second-order valence-corrected chi connectivity index (χ2v) is 4.92. The standard InChI is InChI=1S/C13H24N4O.2ClH/c1-9-6-11(3)17(16-9)12(4)7-13(18)15-8-10(2)14-5;;/h6,10,12,14H,7-8H2,1-5H3,(H,15,18);2*1H. The average molecular weight is 325 g/mol. The highest BCUT2D eigenvalue weighted by atomic mass is 35.5. The van der Waals surface area contributed by atoms with E-state index in [0.29, 0.717) is 13.0 Å². The first-order valence-electron chi connectivity index (χ1n) is 6.40. The molecule has 1 amide bonds. The minimum absolute atomic E-state index is 0. The molecule has 0 aliphatic rings. The van der Waals surface area contributed by atoms with Gasteiger partial charge in [-0.05, 0) is 40.8 Å². The average Bonchev–Trinajstić information content (AvgIpc) is 2.65. The molecule has 7 heteroatoms. The fourth-order valence-corrected chi connectivity index (χ4v) is 1.89. The number of nitrogens with one attached hydrogen (secondary N) is 2. The molecule has 2 unspecified atom stereocenters. The Morgan fingerprint density at radius 3 is 2.40 bits per heavy atom. The maximum atomic E-state index is 11.8. The van der Waals surface area contributed by atoms with E-state index in [1.54, 1.807) is 0 Å². The lowest BCUT2D eigenvalue weighted by Crippen LogP contribution is -2.37. The predicted molar refractivity (Wildman–Crippen MR) is 87.1 cm³/mol. The molecule has 1 heterocycles. The van der Waals surface area contributed by atoms with Gasteiger partial charge in [-0.3, -0.25) is 9.48 Å². The molecule has 0 saturated heterocycles. The number of hydrogen-bond donors (Lipinski definition) is 2. The first-order chi connectivity index (χ1) is 8.43. The number of carbonyl (C=O) groups excluding carboxylic acids is 1. The Bertz CT molecular complexity index is 409. The van der Waals surface area contributed by atoms with Gasteiger partial charge in [0.25, 0.3) is 0 Å². The Morgan fingerprint density at radius 1 is 1.35 bits per heavy atom. The van der Waals surface area contributed by atoms with Crippen LogP contribution in [0.4, 0.5) is 0 Å². The summed E-state index contributed by atoms with van der Waals surface area (Å²) >= 11 is 0. The molecule has 1 aromatic heterocycles. The molecule has 20 heavy (non-hydrogen) atoms. The number of amides is 1. The Morgan fingerprint density at radius 2 is 1.95 bits per heavy atom. The van der Waals surface area contributed by atoms with Gasteiger partial charge in [-0.1, -0.05) is 0 Å². The molecule has 0 saturated carbocycles. The molecule has 0 aliphatic heterocycles. The molecule has 1 aromatic rings. The number of rotatable bonds is 6. The van der Waals surface area contributed by atoms with Crippen LogP contribution >= 0.6 is 24.8 Å². The van der Waals surface area contributed by atoms with E-state index in [9.17, 15) is 4.79 Å². The van der Waals surface area contributed by atoms with Gasteiger partial charge in [-0.15, -0.1) is 24.8 Å². The third-order valence-corrected chi connectivity index (χ3v) is 3.04. The first-order valence-corrected chi connectivity index (χ1v) is 6.40. The van der Waals surface area contributed by atoms with Gasteiger partial charge in [-0.2, -0.15) is 5.10 Å². The highest BCUT2D eigenvalue weighted by molar-refractivity contribution is 5.85. The summed E-state index contributed by atoms with van der Waals surface area (Å²) < 4.78 is 1.91. The maximum absolute atomic E-state index is 11.8. The number of aromatic nitrogens is 2. The van der Waals surface area contributed by atoms with Crippen molar-refractivity contribution in [1.82, 2.24) is 20.4 Å². The lowest BCUT2D eigenvalue weighted by Gasteiger charge is -2.16. The molecule has 2 N–H and O–H groups in total. The topological polar surface area (TPSA) is 58.9 Å². The van der Waals surface area contributed by atoms with Crippen molar-refractivity contribution in [2.45, 2.75) is 46.2 Å². The van der Waals surface area contributed by atoms with Crippen LogP contribution in [-0.4, -0.2) is 35.3 Å². The van der Waals surface area contributed by atoms with Crippen LogP contribution in [0.5, 0.6) is 0 Å². The van der Waals surface area contributed by atoms with Crippen LogP contribution in [0.25, 0.3) is 0 Å². The molecule has 118 valence electrons. The highest BCUT2D eigenvalue weighted by Crippen LogP contribution is 2.13. The summed E-state index contributed by atoms with van der Waals surface area (Å²) in [5.41, 5.74) is 2.08. The van der Waals surface area contributed by atoms with Crippen molar-refractivity contribution in [2.24, 2.45) is 0 Å². The fourth-order valence-electron chi connectivity index (χ4n) is 1.89. The monoisotopic (exact) mass is 324 g/mol. The lowest BCUT2D eigenvalue weighted by molar-refractivity contribution is -0.121. The molecule has 0 aliphatic carbocycles. The zero-order chi connectivity index (χ0) is 13.7. The molecular weight excluding hydrogens is 299 g/mol. The van der Waals surface area contributed by atoms with Gasteiger partial charge in [0, 0.05) is 24.7 Å². The Balaban J connectivity index is 0. The summed E-state index contributed by atoms with van der Waals surface area (Å²) in [6, 6.07) is 2.40.